The summed E-state index contributed by atoms with van der Waals surface area (Å²) >= 11 is 0. The first-order valence-corrected chi connectivity index (χ1v) is 9.68. The summed E-state index contributed by atoms with van der Waals surface area (Å²) in [5.74, 6) is -0.410. The average molecular weight is 330 g/mol. The molecule has 0 aromatic heterocycles. The van der Waals surface area contributed by atoms with Crippen LogP contribution in [0.25, 0.3) is 0 Å². The highest BCUT2D eigenvalue weighted by atomic mass is 35.7. The fourth-order valence-electron chi connectivity index (χ4n) is 2.65. The topological polar surface area (TPSA) is 54.5 Å². The van der Waals surface area contributed by atoms with Crippen LogP contribution in [0.15, 0.2) is 24.3 Å². The third-order valence-electron chi connectivity index (χ3n) is 3.71. The van der Waals surface area contributed by atoms with Crippen LogP contribution in [0, 0.1) is 5.92 Å². The number of halogens is 1. The van der Waals surface area contributed by atoms with Crippen molar-refractivity contribution >= 4 is 31.3 Å². The summed E-state index contributed by atoms with van der Waals surface area (Å²) in [6.07, 6.45) is 3.58. The van der Waals surface area contributed by atoms with Crippen LogP contribution in [0.5, 0.6) is 0 Å². The Hall–Kier alpha value is -1.07. The van der Waals surface area contributed by atoms with Gasteiger partial charge in [-0.2, -0.15) is 0 Å². The van der Waals surface area contributed by atoms with Crippen molar-refractivity contribution in [3.63, 3.8) is 0 Å². The number of aryl methyl sites for hydroxylation is 1. The molecule has 1 fully saturated rings. The number of unbranched alkanes of at least 4 members (excludes halogenated alkanes) is 1. The Labute approximate surface area is 130 Å². The Bertz CT molecular complexity index is 598. The van der Waals surface area contributed by atoms with Gasteiger partial charge in [0.2, 0.25) is 15.0 Å². The molecule has 21 heavy (non-hydrogen) atoms. The highest BCUT2D eigenvalue weighted by Gasteiger charge is 2.33. The first kappa shape index (κ1) is 16.3. The van der Waals surface area contributed by atoms with E-state index < -0.39 is 9.05 Å². The van der Waals surface area contributed by atoms with Crippen LogP contribution in [-0.4, -0.2) is 26.6 Å². The molecule has 0 aliphatic carbocycles. The largest absolute Gasteiger partial charge is 0.312 e. The van der Waals surface area contributed by atoms with E-state index in [1.54, 1.807) is 4.90 Å². The summed E-state index contributed by atoms with van der Waals surface area (Å²) in [7, 11) is 1.71. The second-order valence-electron chi connectivity index (χ2n) is 5.55. The van der Waals surface area contributed by atoms with Crippen LogP contribution in [0.1, 0.15) is 31.7 Å². The maximum atomic E-state index is 12.0. The van der Waals surface area contributed by atoms with E-state index in [9.17, 15) is 13.2 Å². The molecule has 0 spiro atoms. The lowest BCUT2D eigenvalue weighted by atomic mass is 10.1. The fourth-order valence-corrected chi connectivity index (χ4v) is 3.97. The number of carbonyl (C=O) groups is 1. The minimum absolute atomic E-state index is 0.0402. The van der Waals surface area contributed by atoms with Crippen molar-refractivity contribution in [2.75, 3.05) is 17.2 Å². The summed E-state index contributed by atoms with van der Waals surface area (Å²) in [5.41, 5.74) is 2.09. The summed E-state index contributed by atoms with van der Waals surface area (Å²) in [5, 5.41) is 0. The Balaban J connectivity index is 2.03. The van der Waals surface area contributed by atoms with Gasteiger partial charge in [0.1, 0.15) is 0 Å². The van der Waals surface area contributed by atoms with E-state index in [-0.39, 0.29) is 24.0 Å². The van der Waals surface area contributed by atoms with Crippen molar-refractivity contribution in [1.82, 2.24) is 0 Å². The molecule has 4 nitrogen and oxygen atoms in total. The number of rotatable bonds is 6. The van der Waals surface area contributed by atoms with Crippen molar-refractivity contribution in [2.45, 2.75) is 32.6 Å². The molecule has 1 aromatic rings. The molecule has 2 rings (SSSR count). The SMILES string of the molecule is CCCCc1ccc(N2CC(CS(=O)(=O)Cl)CC2=O)cc1. The number of benzene rings is 1. The van der Waals surface area contributed by atoms with Gasteiger partial charge in [0.05, 0.1) is 5.75 Å². The van der Waals surface area contributed by atoms with E-state index in [0.29, 0.717) is 6.54 Å². The number of hydrogen-bond acceptors (Lipinski definition) is 3. The molecule has 1 atom stereocenters. The lowest BCUT2D eigenvalue weighted by molar-refractivity contribution is -0.117. The minimum Gasteiger partial charge on any atom is -0.312 e. The predicted molar refractivity (Wildman–Crippen MR) is 85.2 cm³/mol. The third-order valence-corrected chi connectivity index (χ3v) is 4.95. The molecule has 1 aliphatic rings. The van der Waals surface area contributed by atoms with Gasteiger partial charge in [-0.1, -0.05) is 25.5 Å². The van der Waals surface area contributed by atoms with E-state index in [0.717, 1.165) is 24.9 Å². The van der Waals surface area contributed by atoms with Gasteiger partial charge in [-0.05, 0) is 30.5 Å². The number of carbonyl (C=O) groups excluding carboxylic acids is 1. The molecule has 0 N–H and O–H groups in total. The van der Waals surface area contributed by atoms with Gasteiger partial charge in [0.15, 0.2) is 0 Å². The summed E-state index contributed by atoms with van der Waals surface area (Å²) in [4.78, 5) is 13.7. The third kappa shape index (κ3) is 4.71. The molecule has 6 heteroatoms. The Morgan fingerprint density at radius 2 is 1.95 bits per heavy atom. The monoisotopic (exact) mass is 329 g/mol. The van der Waals surface area contributed by atoms with Crippen LogP contribution in [0.3, 0.4) is 0 Å². The number of anilines is 1. The van der Waals surface area contributed by atoms with E-state index in [2.05, 4.69) is 6.92 Å². The Morgan fingerprint density at radius 3 is 2.52 bits per heavy atom. The van der Waals surface area contributed by atoms with Crippen molar-refractivity contribution in [3.05, 3.63) is 29.8 Å². The first-order valence-electron chi connectivity index (χ1n) is 7.20. The molecular weight excluding hydrogens is 310 g/mol. The molecule has 1 aromatic carbocycles. The maximum Gasteiger partial charge on any atom is 0.232 e. The van der Waals surface area contributed by atoms with Crippen LogP contribution >= 0.6 is 10.7 Å². The minimum atomic E-state index is -3.56. The molecule has 0 bridgehead atoms. The zero-order valence-corrected chi connectivity index (χ0v) is 13.7. The van der Waals surface area contributed by atoms with Crippen molar-refractivity contribution < 1.29 is 13.2 Å². The van der Waals surface area contributed by atoms with Crippen LogP contribution in [0.4, 0.5) is 5.69 Å². The Morgan fingerprint density at radius 1 is 1.29 bits per heavy atom. The van der Waals surface area contributed by atoms with Crippen LogP contribution in [0.2, 0.25) is 0 Å². The smallest absolute Gasteiger partial charge is 0.232 e. The number of hydrogen-bond donors (Lipinski definition) is 0. The van der Waals surface area contributed by atoms with Gasteiger partial charge in [-0.25, -0.2) is 8.42 Å². The average Bonchev–Trinajstić information content (AvgIpc) is 2.75. The second-order valence-corrected chi connectivity index (χ2v) is 8.37. The first-order chi connectivity index (χ1) is 9.89. The Kier molecular flexibility index (Phi) is 5.27. The molecule has 1 saturated heterocycles. The quantitative estimate of drug-likeness (QED) is 0.754. The molecule has 116 valence electrons. The van der Waals surface area contributed by atoms with Crippen LogP contribution < -0.4 is 4.90 Å². The molecule has 1 aliphatic heterocycles. The van der Waals surface area contributed by atoms with Crippen molar-refractivity contribution in [3.8, 4) is 0 Å². The molecule has 1 amide bonds. The van der Waals surface area contributed by atoms with Gasteiger partial charge in [-0.15, -0.1) is 0 Å². The summed E-state index contributed by atoms with van der Waals surface area (Å²) in [6, 6.07) is 7.93. The zero-order chi connectivity index (χ0) is 15.5. The van der Waals surface area contributed by atoms with E-state index in [1.165, 1.54) is 5.56 Å². The number of nitrogens with zero attached hydrogens (tertiary/aromatic N) is 1. The highest BCUT2D eigenvalue weighted by molar-refractivity contribution is 8.13. The number of amides is 1. The zero-order valence-electron chi connectivity index (χ0n) is 12.1. The van der Waals surface area contributed by atoms with Crippen molar-refractivity contribution in [1.29, 1.82) is 0 Å². The molecular formula is C15H20ClNO3S. The molecule has 0 saturated carbocycles. The van der Waals surface area contributed by atoms with Gasteiger partial charge in [-0.3, -0.25) is 4.79 Å². The van der Waals surface area contributed by atoms with Gasteiger partial charge >= 0.3 is 0 Å². The van der Waals surface area contributed by atoms with Gasteiger partial charge in [0, 0.05) is 35.3 Å². The standard InChI is InChI=1S/C15H20ClNO3S/c1-2-3-4-12-5-7-14(8-6-12)17-10-13(9-15(17)18)11-21(16,19)20/h5-8,13H,2-4,9-11H2,1H3. The van der Waals surface area contributed by atoms with E-state index in [4.69, 9.17) is 10.7 Å². The molecule has 0 radical (unpaired) electrons. The van der Waals surface area contributed by atoms with E-state index in [1.807, 2.05) is 24.3 Å². The normalized spacial score (nSPS) is 19.2. The second kappa shape index (κ2) is 6.79. The molecule has 1 heterocycles. The molecule has 1 unspecified atom stereocenters. The van der Waals surface area contributed by atoms with Gasteiger partial charge in [0.25, 0.3) is 0 Å². The highest BCUT2D eigenvalue weighted by Crippen LogP contribution is 2.27. The van der Waals surface area contributed by atoms with Gasteiger partial charge < -0.3 is 4.90 Å². The summed E-state index contributed by atoms with van der Waals surface area (Å²) in [6.45, 7) is 2.57. The van der Waals surface area contributed by atoms with Crippen molar-refractivity contribution in [2.24, 2.45) is 5.92 Å². The lowest BCUT2D eigenvalue weighted by Gasteiger charge is -2.17. The van der Waals surface area contributed by atoms with E-state index >= 15 is 0 Å². The lowest BCUT2D eigenvalue weighted by Crippen LogP contribution is -2.25. The predicted octanol–water partition coefficient (Wildman–Crippen LogP) is 2.95. The summed E-state index contributed by atoms with van der Waals surface area (Å²) < 4.78 is 22.2. The fraction of sp³-hybridized carbons (Fsp3) is 0.533. The van der Waals surface area contributed by atoms with Crippen LogP contribution in [-0.2, 0) is 20.3 Å². The maximum absolute atomic E-state index is 12.0.